The van der Waals surface area contributed by atoms with E-state index < -0.39 is 0 Å². The molecule has 0 aliphatic carbocycles. The van der Waals surface area contributed by atoms with Gasteiger partial charge in [-0.15, -0.1) is 21.5 Å². The Morgan fingerprint density at radius 2 is 1.90 bits per heavy atom. The van der Waals surface area contributed by atoms with Gasteiger partial charge in [0.05, 0.1) is 11.4 Å². The fraction of sp³-hybridized carbons (Fsp3) is 0.182. The Bertz CT molecular complexity index is 1170. The molecule has 1 amide bonds. The van der Waals surface area contributed by atoms with Crippen LogP contribution in [0.1, 0.15) is 11.4 Å². The van der Waals surface area contributed by atoms with E-state index in [-0.39, 0.29) is 11.7 Å². The Labute approximate surface area is 188 Å². The van der Waals surface area contributed by atoms with E-state index in [1.807, 2.05) is 78.5 Å². The molecule has 0 aliphatic heterocycles. The third-order valence-electron chi connectivity index (χ3n) is 4.53. The standard InChI is InChI=1S/C22H21N5O2S2/c1-15-8-6-7-11-18(15)29-12-19-25-26-22(27(19)2)31-14-20(28)24-21-23-17(13-30-21)16-9-4-3-5-10-16/h3-11,13H,12,14H2,1-2H3,(H,23,24,28). The minimum Gasteiger partial charge on any atom is -0.485 e. The van der Waals surface area contributed by atoms with Crippen LogP contribution < -0.4 is 10.1 Å². The minimum absolute atomic E-state index is 0.139. The van der Waals surface area contributed by atoms with Gasteiger partial charge in [0.15, 0.2) is 16.1 Å². The molecule has 4 rings (SSSR count). The van der Waals surface area contributed by atoms with Gasteiger partial charge in [-0.05, 0) is 18.6 Å². The van der Waals surface area contributed by atoms with Gasteiger partial charge in [0.1, 0.15) is 12.4 Å². The second-order valence-electron chi connectivity index (χ2n) is 6.75. The number of thiazole rings is 1. The molecule has 0 radical (unpaired) electrons. The van der Waals surface area contributed by atoms with Crippen molar-refractivity contribution in [1.29, 1.82) is 0 Å². The van der Waals surface area contributed by atoms with Gasteiger partial charge in [0, 0.05) is 18.0 Å². The molecule has 0 aliphatic rings. The third-order valence-corrected chi connectivity index (χ3v) is 6.31. The summed E-state index contributed by atoms with van der Waals surface area (Å²) in [6, 6.07) is 17.7. The molecule has 2 aromatic heterocycles. The predicted molar refractivity (Wildman–Crippen MR) is 123 cm³/mol. The van der Waals surface area contributed by atoms with E-state index in [2.05, 4.69) is 20.5 Å². The second kappa shape index (κ2) is 9.76. The number of nitrogens with zero attached hydrogens (tertiary/aromatic N) is 4. The SMILES string of the molecule is Cc1ccccc1OCc1nnc(SCC(=O)Nc2nc(-c3ccccc3)cs2)n1C. The van der Waals surface area contributed by atoms with Crippen LogP contribution in [0, 0.1) is 6.92 Å². The van der Waals surface area contributed by atoms with E-state index in [1.54, 1.807) is 0 Å². The summed E-state index contributed by atoms with van der Waals surface area (Å²) in [7, 11) is 1.86. The van der Waals surface area contributed by atoms with Crippen LogP contribution in [0.4, 0.5) is 5.13 Å². The van der Waals surface area contributed by atoms with E-state index >= 15 is 0 Å². The Balaban J connectivity index is 1.30. The Kier molecular flexibility index (Phi) is 6.63. The Hall–Kier alpha value is -3.17. The van der Waals surface area contributed by atoms with Crippen molar-refractivity contribution in [2.75, 3.05) is 11.1 Å². The second-order valence-corrected chi connectivity index (χ2v) is 8.55. The number of benzene rings is 2. The molecule has 0 atom stereocenters. The molecule has 158 valence electrons. The van der Waals surface area contributed by atoms with Crippen LogP contribution in [0.2, 0.25) is 0 Å². The zero-order chi connectivity index (χ0) is 21.6. The van der Waals surface area contributed by atoms with Crippen molar-refractivity contribution >= 4 is 34.1 Å². The van der Waals surface area contributed by atoms with Gasteiger partial charge in [0.25, 0.3) is 0 Å². The van der Waals surface area contributed by atoms with E-state index in [9.17, 15) is 4.79 Å². The number of anilines is 1. The molecule has 4 aromatic rings. The van der Waals surface area contributed by atoms with Gasteiger partial charge in [-0.3, -0.25) is 4.79 Å². The van der Waals surface area contributed by atoms with E-state index in [1.165, 1.54) is 23.1 Å². The molecule has 7 nitrogen and oxygen atoms in total. The highest BCUT2D eigenvalue weighted by Gasteiger charge is 2.14. The van der Waals surface area contributed by atoms with E-state index in [4.69, 9.17) is 4.74 Å². The van der Waals surface area contributed by atoms with Gasteiger partial charge in [0.2, 0.25) is 5.91 Å². The van der Waals surface area contributed by atoms with Crippen LogP contribution >= 0.6 is 23.1 Å². The zero-order valence-corrected chi connectivity index (χ0v) is 18.7. The van der Waals surface area contributed by atoms with Gasteiger partial charge in [-0.25, -0.2) is 4.98 Å². The van der Waals surface area contributed by atoms with Crippen LogP contribution in [0.5, 0.6) is 5.75 Å². The van der Waals surface area contributed by atoms with Crippen molar-refractivity contribution in [3.05, 3.63) is 71.4 Å². The molecule has 0 bridgehead atoms. The average Bonchev–Trinajstić information content (AvgIpc) is 3.39. The number of thioether (sulfide) groups is 1. The van der Waals surface area contributed by atoms with Crippen LogP contribution in [-0.4, -0.2) is 31.4 Å². The molecule has 1 N–H and O–H groups in total. The summed E-state index contributed by atoms with van der Waals surface area (Å²) in [5, 5.41) is 14.4. The van der Waals surface area contributed by atoms with Crippen LogP contribution in [-0.2, 0) is 18.4 Å². The Morgan fingerprint density at radius 1 is 1.13 bits per heavy atom. The Morgan fingerprint density at radius 3 is 2.71 bits per heavy atom. The van der Waals surface area contributed by atoms with Crippen molar-refractivity contribution in [3.8, 4) is 17.0 Å². The van der Waals surface area contributed by atoms with Crippen molar-refractivity contribution < 1.29 is 9.53 Å². The highest BCUT2D eigenvalue weighted by atomic mass is 32.2. The average molecular weight is 452 g/mol. The number of nitrogens with one attached hydrogen (secondary N) is 1. The minimum atomic E-state index is -0.139. The molecule has 31 heavy (non-hydrogen) atoms. The molecule has 0 fully saturated rings. The van der Waals surface area contributed by atoms with Crippen molar-refractivity contribution in [2.45, 2.75) is 18.7 Å². The molecule has 0 saturated carbocycles. The van der Waals surface area contributed by atoms with Crippen LogP contribution in [0.3, 0.4) is 0 Å². The maximum atomic E-state index is 12.4. The lowest BCUT2D eigenvalue weighted by molar-refractivity contribution is -0.113. The molecule has 0 unspecified atom stereocenters. The molecule has 0 saturated heterocycles. The predicted octanol–water partition coefficient (Wildman–Crippen LogP) is 4.56. The molecule has 9 heteroatoms. The highest BCUT2D eigenvalue weighted by Crippen LogP contribution is 2.25. The van der Waals surface area contributed by atoms with Crippen molar-refractivity contribution in [2.24, 2.45) is 7.05 Å². The normalized spacial score (nSPS) is 10.8. The first-order chi connectivity index (χ1) is 15.1. The summed E-state index contributed by atoms with van der Waals surface area (Å²) in [6.07, 6.45) is 0. The first-order valence-electron chi connectivity index (χ1n) is 9.60. The van der Waals surface area contributed by atoms with Gasteiger partial charge in [-0.2, -0.15) is 0 Å². The lowest BCUT2D eigenvalue weighted by Crippen LogP contribution is -2.14. The van der Waals surface area contributed by atoms with Crippen LogP contribution in [0.25, 0.3) is 11.3 Å². The summed E-state index contributed by atoms with van der Waals surface area (Å²) in [5.74, 6) is 1.58. The third kappa shape index (κ3) is 5.31. The van der Waals surface area contributed by atoms with E-state index in [0.29, 0.717) is 22.7 Å². The number of aromatic nitrogens is 4. The number of para-hydroxylation sites is 1. The first kappa shape index (κ1) is 21.1. The zero-order valence-electron chi connectivity index (χ0n) is 17.1. The number of rotatable bonds is 8. The molecule has 2 aromatic carbocycles. The van der Waals surface area contributed by atoms with Crippen molar-refractivity contribution in [1.82, 2.24) is 19.7 Å². The quantitative estimate of drug-likeness (QED) is 0.396. The summed E-state index contributed by atoms with van der Waals surface area (Å²) in [4.78, 5) is 16.8. The largest absolute Gasteiger partial charge is 0.485 e. The topological polar surface area (TPSA) is 81.9 Å². The summed E-state index contributed by atoms with van der Waals surface area (Å²) in [5.41, 5.74) is 2.93. The number of aryl methyl sites for hydroxylation is 1. The van der Waals surface area contributed by atoms with Crippen LogP contribution in [0.15, 0.2) is 65.1 Å². The number of hydrogen-bond acceptors (Lipinski definition) is 7. The summed E-state index contributed by atoms with van der Waals surface area (Å²) >= 11 is 2.73. The van der Waals surface area contributed by atoms with Gasteiger partial charge in [-0.1, -0.05) is 60.3 Å². The number of carbonyl (C=O) groups excluding carboxylic acids is 1. The number of carbonyl (C=O) groups is 1. The number of amides is 1. The summed E-state index contributed by atoms with van der Waals surface area (Å²) in [6.45, 7) is 2.31. The number of ether oxygens (including phenoxy) is 1. The van der Waals surface area contributed by atoms with Crippen molar-refractivity contribution in [3.63, 3.8) is 0 Å². The molecular weight excluding hydrogens is 430 g/mol. The monoisotopic (exact) mass is 451 g/mol. The lowest BCUT2D eigenvalue weighted by Gasteiger charge is -2.08. The van der Waals surface area contributed by atoms with Gasteiger partial charge >= 0.3 is 0 Å². The molecule has 2 heterocycles. The van der Waals surface area contributed by atoms with E-state index in [0.717, 1.165) is 22.6 Å². The molecular formula is C22H21N5O2S2. The van der Waals surface area contributed by atoms with Gasteiger partial charge < -0.3 is 14.6 Å². The number of hydrogen-bond donors (Lipinski definition) is 1. The maximum Gasteiger partial charge on any atom is 0.236 e. The smallest absolute Gasteiger partial charge is 0.236 e. The molecule has 0 spiro atoms. The summed E-state index contributed by atoms with van der Waals surface area (Å²) < 4.78 is 7.68. The highest BCUT2D eigenvalue weighted by molar-refractivity contribution is 7.99. The fourth-order valence-electron chi connectivity index (χ4n) is 2.82. The fourth-order valence-corrected chi connectivity index (χ4v) is 4.28. The first-order valence-corrected chi connectivity index (χ1v) is 11.5. The maximum absolute atomic E-state index is 12.4. The lowest BCUT2D eigenvalue weighted by atomic mass is 10.2.